The molecule has 0 spiro atoms. The maximum atomic E-state index is 13.5. The predicted molar refractivity (Wildman–Crippen MR) is 138 cm³/mol. The Morgan fingerprint density at radius 2 is 1.81 bits per heavy atom. The van der Waals surface area contributed by atoms with Crippen molar-refractivity contribution in [2.75, 3.05) is 25.1 Å². The number of anilines is 1. The maximum absolute atomic E-state index is 13.5. The Bertz CT molecular complexity index is 1310. The Kier molecular flexibility index (Phi) is 6.99. The van der Waals surface area contributed by atoms with Gasteiger partial charge in [0.15, 0.2) is 10.9 Å². The molecule has 3 N–H and O–H groups in total. The zero-order valence-electron chi connectivity index (χ0n) is 19.6. The molecule has 184 valence electrons. The van der Waals surface area contributed by atoms with E-state index in [1.165, 1.54) is 12.1 Å². The molecule has 8 nitrogen and oxygen atoms in total. The van der Waals surface area contributed by atoms with Crippen molar-refractivity contribution in [2.24, 2.45) is 5.41 Å². The molecule has 1 fully saturated rings. The average Bonchev–Trinajstić information content (AvgIpc) is 3.35. The van der Waals surface area contributed by atoms with Crippen molar-refractivity contribution < 1.29 is 13.9 Å². The van der Waals surface area contributed by atoms with Gasteiger partial charge in [-0.25, -0.2) is 9.37 Å². The molecule has 1 aliphatic rings. The summed E-state index contributed by atoms with van der Waals surface area (Å²) in [5.41, 5.74) is 3.68. The molecular formula is C26H25FN6O2S. The standard InChI is InChI=1S/C26H25FN6O2S/c1-26(14-30-25(36)31-20-3-2-10-29-13-20)15-34-24(35-16-26)23-32-21(17-4-6-19(27)7-5-17)22(33-23)18-8-11-28-12-9-18/h2-13,24H,14-16H2,1H3,(H,32,33)(H2,30,31,36). The van der Waals surface area contributed by atoms with Crippen LogP contribution in [0.2, 0.25) is 0 Å². The van der Waals surface area contributed by atoms with Crippen molar-refractivity contribution >= 4 is 23.0 Å². The predicted octanol–water partition coefficient (Wildman–Crippen LogP) is 4.71. The minimum absolute atomic E-state index is 0.294. The first-order valence-corrected chi connectivity index (χ1v) is 11.8. The highest BCUT2D eigenvalue weighted by molar-refractivity contribution is 7.80. The fourth-order valence-corrected chi connectivity index (χ4v) is 4.05. The first kappa shape index (κ1) is 24.0. The van der Waals surface area contributed by atoms with E-state index in [1.807, 2.05) is 24.3 Å². The van der Waals surface area contributed by atoms with Gasteiger partial charge in [-0.3, -0.25) is 9.97 Å². The number of nitrogens with one attached hydrogen (secondary N) is 3. The van der Waals surface area contributed by atoms with Crippen molar-refractivity contribution in [3.05, 3.63) is 85.0 Å². The number of aromatic amines is 1. The van der Waals surface area contributed by atoms with Gasteiger partial charge in [0.2, 0.25) is 6.29 Å². The van der Waals surface area contributed by atoms with Crippen LogP contribution in [0.1, 0.15) is 19.0 Å². The molecule has 36 heavy (non-hydrogen) atoms. The molecule has 0 bridgehead atoms. The van der Waals surface area contributed by atoms with Crippen molar-refractivity contribution in [1.82, 2.24) is 25.3 Å². The Balaban J connectivity index is 1.27. The van der Waals surface area contributed by atoms with Crippen LogP contribution in [0.4, 0.5) is 10.1 Å². The van der Waals surface area contributed by atoms with E-state index in [2.05, 4.69) is 32.5 Å². The normalized spacial score (nSPS) is 19.6. The van der Waals surface area contributed by atoms with E-state index in [0.29, 0.717) is 36.4 Å². The zero-order chi connectivity index (χ0) is 25.0. The van der Waals surface area contributed by atoms with Crippen molar-refractivity contribution in [3.8, 4) is 22.5 Å². The van der Waals surface area contributed by atoms with E-state index in [-0.39, 0.29) is 11.2 Å². The molecule has 1 aromatic carbocycles. The van der Waals surface area contributed by atoms with Gasteiger partial charge >= 0.3 is 0 Å². The van der Waals surface area contributed by atoms with E-state index < -0.39 is 6.29 Å². The van der Waals surface area contributed by atoms with Crippen LogP contribution < -0.4 is 10.6 Å². The van der Waals surface area contributed by atoms with Crippen LogP contribution >= 0.6 is 12.2 Å². The molecule has 0 amide bonds. The summed E-state index contributed by atoms with van der Waals surface area (Å²) in [6.07, 6.45) is 6.18. The first-order valence-electron chi connectivity index (χ1n) is 11.4. The minimum atomic E-state index is -0.659. The first-order chi connectivity index (χ1) is 17.5. The second kappa shape index (κ2) is 10.5. The third-order valence-electron chi connectivity index (χ3n) is 5.79. The summed E-state index contributed by atoms with van der Waals surface area (Å²) in [4.78, 5) is 16.3. The summed E-state index contributed by atoms with van der Waals surface area (Å²) in [6.45, 7) is 3.51. The summed E-state index contributed by atoms with van der Waals surface area (Å²) >= 11 is 5.40. The highest BCUT2D eigenvalue weighted by Gasteiger charge is 2.35. The third kappa shape index (κ3) is 5.56. The van der Waals surface area contributed by atoms with Gasteiger partial charge in [-0.05, 0) is 60.7 Å². The molecule has 0 aliphatic carbocycles. The van der Waals surface area contributed by atoms with Gasteiger partial charge in [0.05, 0.1) is 36.5 Å². The summed E-state index contributed by atoms with van der Waals surface area (Å²) in [5, 5.41) is 6.84. The van der Waals surface area contributed by atoms with Gasteiger partial charge in [-0.15, -0.1) is 0 Å². The topological polar surface area (TPSA) is 97.0 Å². The van der Waals surface area contributed by atoms with Crippen LogP contribution in [-0.2, 0) is 9.47 Å². The number of nitrogens with zero attached hydrogens (tertiary/aromatic N) is 3. The molecule has 4 heterocycles. The van der Waals surface area contributed by atoms with Gasteiger partial charge in [-0.1, -0.05) is 6.92 Å². The quantitative estimate of drug-likeness (QED) is 0.325. The van der Waals surface area contributed by atoms with Gasteiger partial charge in [0.1, 0.15) is 5.82 Å². The summed E-state index contributed by atoms with van der Waals surface area (Å²) in [6, 6.07) is 13.7. The number of hydrogen-bond donors (Lipinski definition) is 3. The number of ether oxygens (including phenoxy) is 2. The number of imidazole rings is 1. The summed E-state index contributed by atoms with van der Waals surface area (Å²) < 4.78 is 25.7. The molecule has 1 saturated heterocycles. The Hall–Kier alpha value is -3.73. The second-order valence-electron chi connectivity index (χ2n) is 8.90. The van der Waals surface area contributed by atoms with Crippen LogP contribution in [0.3, 0.4) is 0 Å². The van der Waals surface area contributed by atoms with E-state index in [4.69, 9.17) is 26.7 Å². The molecule has 0 radical (unpaired) electrons. The second-order valence-corrected chi connectivity index (χ2v) is 9.31. The number of aromatic nitrogens is 4. The number of pyridine rings is 2. The van der Waals surface area contributed by atoms with E-state index >= 15 is 0 Å². The molecule has 3 aromatic heterocycles. The largest absolute Gasteiger partial charge is 0.362 e. The molecule has 0 unspecified atom stereocenters. The Labute approximate surface area is 213 Å². The number of benzene rings is 1. The lowest BCUT2D eigenvalue weighted by atomic mass is 9.92. The number of H-pyrrole nitrogens is 1. The lowest BCUT2D eigenvalue weighted by molar-refractivity contribution is -0.231. The van der Waals surface area contributed by atoms with Gasteiger partial charge in [0, 0.05) is 41.7 Å². The fraction of sp³-hybridized carbons (Fsp3) is 0.231. The smallest absolute Gasteiger partial charge is 0.217 e. The molecule has 1 aliphatic heterocycles. The number of halogens is 1. The lowest BCUT2D eigenvalue weighted by Crippen LogP contribution is -2.46. The van der Waals surface area contributed by atoms with Crippen LogP contribution in [0.25, 0.3) is 22.5 Å². The third-order valence-corrected chi connectivity index (χ3v) is 6.04. The summed E-state index contributed by atoms with van der Waals surface area (Å²) in [7, 11) is 0. The van der Waals surface area contributed by atoms with Crippen LogP contribution in [0.15, 0.2) is 73.3 Å². The fourth-order valence-electron chi connectivity index (χ4n) is 3.86. The van der Waals surface area contributed by atoms with Gasteiger partial charge < -0.3 is 25.1 Å². The van der Waals surface area contributed by atoms with Crippen molar-refractivity contribution in [2.45, 2.75) is 13.2 Å². The highest BCUT2D eigenvalue weighted by Crippen LogP contribution is 2.35. The number of thiocarbonyl (C=S) groups is 1. The summed E-state index contributed by atoms with van der Waals surface area (Å²) in [5.74, 6) is 0.242. The highest BCUT2D eigenvalue weighted by atomic mass is 32.1. The molecular weight excluding hydrogens is 479 g/mol. The van der Waals surface area contributed by atoms with Gasteiger partial charge in [-0.2, -0.15) is 0 Å². The Morgan fingerprint density at radius 1 is 1.06 bits per heavy atom. The Morgan fingerprint density at radius 3 is 2.50 bits per heavy atom. The van der Waals surface area contributed by atoms with E-state index in [1.54, 1.807) is 36.9 Å². The van der Waals surface area contributed by atoms with Crippen molar-refractivity contribution in [1.29, 1.82) is 0 Å². The zero-order valence-corrected chi connectivity index (χ0v) is 20.4. The minimum Gasteiger partial charge on any atom is -0.362 e. The van der Waals surface area contributed by atoms with Crippen LogP contribution in [-0.4, -0.2) is 44.8 Å². The molecule has 5 rings (SSSR count). The monoisotopic (exact) mass is 504 g/mol. The lowest BCUT2D eigenvalue weighted by Gasteiger charge is -2.37. The van der Waals surface area contributed by atoms with Crippen molar-refractivity contribution in [3.63, 3.8) is 0 Å². The molecule has 0 atom stereocenters. The van der Waals surface area contributed by atoms with Crippen LogP contribution in [0, 0.1) is 11.2 Å². The number of hydrogen-bond acceptors (Lipinski definition) is 6. The van der Waals surface area contributed by atoms with E-state index in [9.17, 15) is 4.39 Å². The SMILES string of the molecule is CC1(CNC(=S)Nc2cccnc2)COC(c2nc(-c3ccc(F)cc3)c(-c3ccncc3)[nH]2)OC1. The molecule has 0 saturated carbocycles. The molecule has 4 aromatic rings. The van der Waals surface area contributed by atoms with E-state index in [0.717, 1.165) is 22.5 Å². The van der Waals surface area contributed by atoms with Crippen LogP contribution in [0.5, 0.6) is 0 Å². The number of rotatable bonds is 6. The van der Waals surface area contributed by atoms with Gasteiger partial charge in [0.25, 0.3) is 0 Å². The average molecular weight is 505 g/mol. The molecule has 10 heteroatoms. The maximum Gasteiger partial charge on any atom is 0.217 e.